The summed E-state index contributed by atoms with van der Waals surface area (Å²) in [6.07, 6.45) is 4.83. The number of benzene rings is 2. The number of H-pyrrole nitrogens is 1. The Labute approximate surface area is 144 Å². The maximum absolute atomic E-state index is 3.70. The molecule has 3 aromatic rings. The molecule has 0 radical (unpaired) electrons. The largest absolute Gasteiger partial charge is 0.358 e. The first-order valence-electron chi connectivity index (χ1n) is 9.05. The average molecular weight is 318 g/mol. The van der Waals surface area contributed by atoms with Crippen LogP contribution < -0.4 is 5.32 Å². The Hall–Kier alpha value is -2.06. The zero-order valence-corrected chi connectivity index (χ0v) is 14.6. The fraction of sp³-hybridized carbons (Fsp3) is 0.364. The van der Waals surface area contributed by atoms with Gasteiger partial charge in [-0.15, -0.1) is 0 Å². The normalized spacial score (nSPS) is 24.3. The molecule has 124 valence electrons. The van der Waals surface area contributed by atoms with Gasteiger partial charge in [0.1, 0.15) is 0 Å². The smallest absolute Gasteiger partial charge is 0.0458 e. The number of rotatable bonds is 3. The van der Waals surface area contributed by atoms with E-state index in [1.165, 1.54) is 53.4 Å². The predicted molar refractivity (Wildman–Crippen MR) is 101 cm³/mol. The van der Waals surface area contributed by atoms with Gasteiger partial charge < -0.3 is 10.3 Å². The summed E-state index contributed by atoms with van der Waals surface area (Å²) in [6, 6.07) is 19.6. The Balaban J connectivity index is 1.60. The molecule has 24 heavy (non-hydrogen) atoms. The third kappa shape index (κ3) is 2.46. The van der Waals surface area contributed by atoms with Crippen molar-refractivity contribution < 1.29 is 0 Å². The number of nitrogens with one attached hydrogen (secondary N) is 2. The van der Waals surface area contributed by atoms with Crippen LogP contribution in [0.25, 0.3) is 10.9 Å². The van der Waals surface area contributed by atoms with E-state index in [1.54, 1.807) is 0 Å². The summed E-state index contributed by atoms with van der Waals surface area (Å²) >= 11 is 0. The molecule has 1 aromatic heterocycles. The highest BCUT2D eigenvalue weighted by Gasteiger charge is 2.36. The zero-order chi connectivity index (χ0) is 16.6. The van der Waals surface area contributed by atoms with Crippen LogP contribution in [0.1, 0.15) is 48.4 Å². The summed E-state index contributed by atoms with van der Waals surface area (Å²) in [5, 5.41) is 5.01. The maximum Gasteiger partial charge on any atom is 0.0458 e. The zero-order valence-electron chi connectivity index (χ0n) is 14.6. The van der Waals surface area contributed by atoms with Gasteiger partial charge in [-0.05, 0) is 62.8 Å². The maximum atomic E-state index is 3.70. The van der Waals surface area contributed by atoms with Gasteiger partial charge >= 0.3 is 0 Å². The lowest BCUT2D eigenvalue weighted by atomic mass is 9.71. The highest BCUT2D eigenvalue weighted by atomic mass is 14.9. The predicted octanol–water partition coefficient (Wildman–Crippen LogP) is 5.25. The third-order valence-electron chi connectivity index (χ3n) is 6.06. The van der Waals surface area contributed by atoms with E-state index in [-0.39, 0.29) is 5.54 Å². The molecule has 2 N–H and O–H groups in total. The van der Waals surface area contributed by atoms with E-state index in [1.807, 2.05) is 0 Å². The van der Waals surface area contributed by atoms with Gasteiger partial charge in [-0.1, -0.05) is 48.5 Å². The number of hydrogen-bond donors (Lipinski definition) is 2. The summed E-state index contributed by atoms with van der Waals surface area (Å²) in [6.45, 7) is 2.27. The molecular formula is C22H26N2. The van der Waals surface area contributed by atoms with Crippen LogP contribution in [0.15, 0.2) is 54.6 Å². The van der Waals surface area contributed by atoms with E-state index in [2.05, 4.69) is 78.9 Å². The van der Waals surface area contributed by atoms with E-state index in [4.69, 9.17) is 0 Å². The standard InChI is InChI=1S/C22H26N2/c1-16-19-10-6-7-11-20(19)24-21(16)17-12-14-22(23-2,15-13-17)18-8-4-3-5-9-18/h3-11,17,23-24H,12-15H2,1-2H3. The van der Waals surface area contributed by atoms with Gasteiger partial charge in [0.15, 0.2) is 0 Å². The molecular weight excluding hydrogens is 292 g/mol. The van der Waals surface area contributed by atoms with Crippen LogP contribution in [0.2, 0.25) is 0 Å². The highest BCUT2D eigenvalue weighted by Crippen LogP contribution is 2.44. The highest BCUT2D eigenvalue weighted by molar-refractivity contribution is 5.84. The van der Waals surface area contributed by atoms with Crippen LogP contribution in [-0.4, -0.2) is 12.0 Å². The average Bonchev–Trinajstić information content (AvgIpc) is 3.00. The second-order valence-electron chi connectivity index (χ2n) is 7.18. The van der Waals surface area contributed by atoms with Gasteiger partial charge in [-0.3, -0.25) is 0 Å². The number of aryl methyl sites for hydroxylation is 1. The lowest BCUT2D eigenvalue weighted by Crippen LogP contribution is -2.42. The topological polar surface area (TPSA) is 27.8 Å². The van der Waals surface area contributed by atoms with Crippen molar-refractivity contribution in [1.82, 2.24) is 10.3 Å². The van der Waals surface area contributed by atoms with E-state index in [0.717, 1.165) is 0 Å². The molecule has 0 bridgehead atoms. The van der Waals surface area contributed by atoms with Gasteiger partial charge in [0.05, 0.1) is 0 Å². The molecule has 1 aliphatic rings. The minimum Gasteiger partial charge on any atom is -0.358 e. The number of hydrogen-bond acceptors (Lipinski definition) is 1. The molecule has 0 aliphatic heterocycles. The van der Waals surface area contributed by atoms with Crippen molar-refractivity contribution >= 4 is 10.9 Å². The van der Waals surface area contributed by atoms with Gasteiger partial charge in [0.2, 0.25) is 0 Å². The van der Waals surface area contributed by atoms with Crippen molar-refractivity contribution in [3.05, 3.63) is 71.4 Å². The fourth-order valence-electron chi connectivity index (χ4n) is 4.55. The van der Waals surface area contributed by atoms with Crippen LogP contribution in [0, 0.1) is 6.92 Å². The summed E-state index contributed by atoms with van der Waals surface area (Å²) < 4.78 is 0. The molecule has 2 nitrogen and oxygen atoms in total. The van der Waals surface area contributed by atoms with Crippen molar-refractivity contribution in [3.8, 4) is 0 Å². The Morgan fingerprint density at radius 3 is 2.29 bits per heavy atom. The second kappa shape index (κ2) is 6.10. The van der Waals surface area contributed by atoms with Crippen LogP contribution in [0.3, 0.4) is 0 Å². The first-order valence-corrected chi connectivity index (χ1v) is 9.05. The molecule has 1 fully saturated rings. The molecule has 1 aliphatic carbocycles. The first kappa shape index (κ1) is 15.5. The van der Waals surface area contributed by atoms with Gasteiger partial charge in [0, 0.05) is 22.1 Å². The summed E-state index contributed by atoms with van der Waals surface area (Å²) in [5.74, 6) is 0.641. The Morgan fingerprint density at radius 2 is 1.62 bits per heavy atom. The molecule has 1 heterocycles. The molecule has 0 amide bonds. The molecule has 1 saturated carbocycles. The minimum absolute atomic E-state index is 0.137. The van der Waals surface area contributed by atoms with Crippen molar-refractivity contribution in [1.29, 1.82) is 0 Å². The van der Waals surface area contributed by atoms with Crippen LogP contribution in [0.5, 0.6) is 0 Å². The van der Waals surface area contributed by atoms with Crippen LogP contribution in [-0.2, 0) is 5.54 Å². The van der Waals surface area contributed by atoms with E-state index < -0.39 is 0 Å². The molecule has 0 spiro atoms. The monoisotopic (exact) mass is 318 g/mol. The lowest BCUT2D eigenvalue weighted by Gasteiger charge is -2.40. The lowest BCUT2D eigenvalue weighted by molar-refractivity contribution is 0.229. The summed E-state index contributed by atoms with van der Waals surface area (Å²) in [7, 11) is 2.11. The van der Waals surface area contributed by atoms with Gasteiger partial charge in [0.25, 0.3) is 0 Å². The first-order chi connectivity index (χ1) is 11.7. The minimum atomic E-state index is 0.137. The number of fused-ring (bicyclic) bond motifs is 1. The SMILES string of the molecule is CNC1(c2ccccc2)CCC(c2[nH]c3ccccc3c2C)CC1. The molecule has 2 aromatic carbocycles. The molecule has 4 rings (SSSR count). The van der Waals surface area contributed by atoms with Crippen molar-refractivity contribution in [2.24, 2.45) is 0 Å². The molecule has 0 unspecified atom stereocenters. The van der Waals surface area contributed by atoms with Crippen molar-refractivity contribution in [2.45, 2.75) is 44.1 Å². The quantitative estimate of drug-likeness (QED) is 0.678. The molecule has 0 atom stereocenters. The fourth-order valence-corrected chi connectivity index (χ4v) is 4.55. The van der Waals surface area contributed by atoms with E-state index in [9.17, 15) is 0 Å². The Kier molecular flexibility index (Phi) is 3.93. The van der Waals surface area contributed by atoms with Crippen molar-refractivity contribution in [3.63, 3.8) is 0 Å². The van der Waals surface area contributed by atoms with Crippen LogP contribution in [0.4, 0.5) is 0 Å². The van der Waals surface area contributed by atoms with Crippen molar-refractivity contribution in [2.75, 3.05) is 7.05 Å². The third-order valence-corrected chi connectivity index (χ3v) is 6.06. The number of aromatic amines is 1. The second-order valence-corrected chi connectivity index (χ2v) is 7.18. The number of aromatic nitrogens is 1. The Morgan fingerprint density at radius 1 is 0.958 bits per heavy atom. The molecule has 0 saturated heterocycles. The van der Waals surface area contributed by atoms with E-state index in [0.29, 0.717) is 5.92 Å². The summed E-state index contributed by atoms with van der Waals surface area (Å²) in [5.41, 5.74) is 5.73. The van der Waals surface area contributed by atoms with Gasteiger partial charge in [-0.25, -0.2) is 0 Å². The molecule has 2 heteroatoms. The Bertz CT molecular complexity index is 824. The summed E-state index contributed by atoms with van der Waals surface area (Å²) in [4.78, 5) is 3.70. The van der Waals surface area contributed by atoms with Gasteiger partial charge in [-0.2, -0.15) is 0 Å². The van der Waals surface area contributed by atoms with Crippen LogP contribution >= 0.6 is 0 Å². The number of para-hydroxylation sites is 1. The van der Waals surface area contributed by atoms with E-state index >= 15 is 0 Å².